The van der Waals surface area contributed by atoms with Gasteiger partial charge < -0.3 is 10.4 Å². The summed E-state index contributed by atoms with van der Waals surface area (Å²) in [6.07, 6.45) is 1.66. The van der Waals surface area contributed by atoms with Crippen LogP contribution in [-0.2, 0) is 10.0 Å². The molecule has 1 amide bonds. The van der Waals surface area contributed by atoms with Crippen LogP contribution in [0.4, 0.5) is 5.69 Å². The highest BCUT2D eigenvalue weighted by Crippen LogP contribution is 2.26. The van der Waals surface area contributed by atoms with Crippen LogP contribution >= 0.6 is 0 Å². The van der Waals surface area contributed by atoms with Gasteiger partial charge in [0.2, 0.25) is 10.0 Å². The lowest BCUT2D eigenvalue weighted by Gasteiger charge is -2.16. The lowest BCUT2D eigenvalue weighted by molar-refractivity contribution is 0.102. The highest BCUT2D eigenvalue weighted by atomic mass is 32.2. The van der Waals surface area contributed by atoms with Crippen LogP contribution in [0.25, 0.3) is 0 Å². The second-order valence-electron chi connectivity index (χ2n) is 6.11. The summed E-state index contributed by atoms with van der Waals surface area (Å²) in [7, 11) is -3.65. The first kappa shape index (κ1) is 17.4. The number of hydrogen-bond acceptors (Lipinski definition) is 4. The largest absolute Gasteiger partial charge is 0.507 e. The van der Waals surface area contributed by atoms with E-state index in [0.29, 0.717) is 18.8 Å². The lowest BCUT2D eigenvalue weighted by Crippen LogP contribution is -2.28. The number of aryl methyl sites for hydroxylation is 1. The van der Waals surface area contributed by atoms with Crippen molar-refractivity contribution in [3.63, 3.8) is 0 Å². The first-order valence-electron chi connectivity index (χ1n) is 8.09. The summed E-state index contributed by atoms with van der Waals surface area (Å²) in [6, 6.07) is 11.0. The Labute approximate surface area is 147 Å². The Morgan fingerprint density at radius 2 is 1.84 bits per heavy atom. The van der Waals surface area contributed by atoms with Gasteiger partial charge in [-0.3, -0.25) is 4.79 Å². The van der Waals surface area contributed by atoms with Crippen LogP contribution in [0.5, 0.6) is 5.75 Å². The standard InChI is InChI=1S/C18H20N2O4S/c1-13-5-4-6-14(11-13)19-18(22)16-12-15(7-8-17(16)21)25(23,24)20-9-2-3-10-20/h4-8,11-12,21H,2-3,9-10H2,1H3,(H,19,22). The number of nitrogens with zero attached hydrogens (tertiary/aromatic N) is 1. The van der Waals surface area contributed by atoms with Crippen molar-refractivity contribution in [2.24, 2.45) is 0 Å². The lowest BCUT2D eigenvalue weighted by atomic mass is 10.1. The quantitative estimate of drug-likeness (QED) is 0.878. The van der Waals surface area contributed by atoms with Gasteiger partial charge in [0, 0.05) is 18.8 Å². The fourth-order valence-electron chi connectivity index (χ4n) is 2.86. The number of benzene rings is 2. The number of carbonyl (C=O) groups excluding carboxylic acids is 1. The molecule has 1 heterocycles. The van der Waals surface area contributed by atoms with Gasteiger partial charge in [-0.25, -0.2) is 8.42 Å². The molecule has 0 unspecified atom stereocenters. The minimum atomic E-state index is -3.65. The van der Waals surface area contributed by atoms with Gasteiger partial charge in [0.05, 0.1) is 10.5 Å². The number of rotatable bonds is 4. The number of anilines is 1. The van der Waals surface area contributed by atoms with Gasteiger partial charge in [-0.05, 0) is 55.7 Å². The zero-order chi connectivity index (χ0) is 18.0. The van der Waals surface area contributed by atoms with E-state index in [-0.39, 0.29) is 16.2 Å². The minimum Gasteiger partial charge on any atom is -0.507 e. The molecule has 0 radical (unpaired) electrons. The van der Waals surface area contributed by atoms with Crippen molar-refractivity contribution >= 4 is 21.6 Å². The molecule has 6 nitrogen and oxygen atoms in total. The van der Waals surface area contributed by atoms with E-state index in [1.54, 1.807) is 18.2 Å². The summed E-state index contributed by atoms with van der Waals surface area (Å²) in [4.78, 5) is 12.5. The molecule has 132 valence electrons. The minimum absolute atomic E-state index is 0.0154. The van der Waals surface area contributed by atoms with Crippen LogP contribution in [0.1, 0.15) is 28.8 Å². The number of nitrogens with one attached hydrogen (secondary N) is 1. The van der Waals surface area contributed by atoms with Crippen LogP contribution in [0.15, 0.2) is 47.4 Å². The molecule has 0 atom stereocenters. The maximum Gasteiger partial charge on any atom is 0.259 e. The number of carbonyl (C=O) groups is 1. The van der Waals surface area contributed by atoms with Crippen LogP contribution in [-0.4, -0.2) is 36.8 Å². The second kappa shape index (κ2) is 6.85. The van der Waals surface area contributed by atoms with Crippen molar-refractivity contribution in [3.05, 3.63) is 53.6 Å². The Morgan fingerprint density at radius 1 is 1.12 bits per heavy atom. The van der Waals surface area contributed by atoms with Crippen molar-refractivity contribution in [1.82, 2.24) is 4.31 Å². The first-order chi connectivity index (χ1) is 11.9. The van der Waals surface area contributed by atoms with Crippen molar-refractivity contribution < 1.29 is 18.3 Å². The summed E-state index contributed by atoms with van der Waals surface area (Å²) >= 11 is 0. The molecule has 0 aromatic heterocycles. The van der Waals surface area contributed by atoms with Crippen molar-refractivity contribution in [1.29, 1.82) is 0 Å². The molecule has 1 aliphatic heterocycles. The summed E-state index contributed by atoms with van der Waals surface area (Å²) in [5, 5.41) is 12.7. The molecule has 7 heteroatoms. The Kier molecular flexibility index (Phi) is 4.78. The average Bonchev–Trinajstić information content (AvgIpc) is 3.10. The maximum atomic E-state index is 12.6. The molecule has 0 spiro atoms. The Bertz CT molecular complexity index is 903. The van der Waals surface area contributed by atoms with Gasteiger partial charge >= 0.3 is 0 Å². The number of hydrogen-bond donors (Lipinski definition) is 2. The summed E-state index contributed by atoms with van der Waals surface area (Å²) in [5.74, 6) is -0.813. The molecule has 2 N–H and O–H groups in total. The third kappa shape index (κ3) is 3.67. The second-order valence-corrected chi connectivity index (χ2v) is 8.05. The molecule has 1 fully saturated rings. The van der Waals surface area contributed by atoms with E-state index < -0.39 is 15.9 Å². The van der Waals surface area contributed by atoms with E-state index in [1.807, 2.05) is 13.0 Å². The molecule has 25 heavy (non-hydrogen) atoms. The van der Waals surface area contributed by atoms with Crippen LogP contribution in [0, 0.1) is 6.92 Å². The number of phenols is 1. The summed E-state index contributed by atoms with van der Waals surface area (Å²) in [5.41, 5.74) is 1.49. The Balaban J connectivity index is 1.90. The third-order valence-electron chi connectivity index (χ3n) is 4.19. The topological polar surface area (TPSA) is 86.7 Å². The number of aromatic hydroxyl groups is 1. The highest BCUT2D eigenvalue weighted by Gasteiger charge is 2.28. The Hall–Kier alpha value is -2.38. The maximum absolute atomic E-state index is 12.6. The van der Waals surface area contributed by atoms with Gasteiger partial charge in [-0.2, -0.15) is 4.31 Å². The molecule has 0 bridgehead atoms. The van der Waals surface area contributed by atoms with E-state index in [0.717, 1.165) is 18.4 Å². The summed E-state index contributed by atoms with van der Waals surface area (Å²) < 4.78 is 26.7. The predicted octanol–water partition coefficient (Wildman–Crippen LogP) is 2.74. The van der Waals surface area contributed by atoms with Gasteiger partial charge in [0.1, 0.15) is 5.75 Å². The smallest absolute Gasteiger partial charge is 0.259 e. The molecular weight excluding hydrogens is 340 g/mol. The normalized spacial score (nSPS) is 15.2. The van der Waals surface area contributed by atoms with Crippen molar-refractivity contribution in [3.8, 4) is 5.75 Å². The zero-order valence-electron chi connectivity index (χ0n) is 13.9. The summed E-state index contributed by atoms with van der Waals surface area (Å²) in [6.45, 7) is 2.86. The van der Waals surface area contributed by atoms with Gasteiger partial charge in [-0.1, -0.05) is 12.1 Å². The van der Waals surface area contributed by atoms with Crippen molar-refractivity contribution in [2.75, 3.05) is 18.4 Å². The molecule has 0 saturated carbocycles. The molecular formula is C18H20N2O4S. The van der Waals surface area contributed by atoms with E-state index in [9.17, 15) is 18.3 Å². The molecule has 3 rings (SSSR count). The predicted molar refractivity (Wildman–Crippen MR) is 95.2 cm³/mol. The Morgan fingerprint density at radius 3 is 2.52 bits per heavy atom. The molecule has 1 aliphatic rings. The average molecular weight is 360 g/mol. The molecule has 2 aromatic rings. The number of sulfonamides is 1. The van der Waals surface area contributed by atoms with Crippen molar-refractivity contribution in [2.45, 2.75) is 24.7 Å². The van der Waals surface area contributed by atoms with E-state index in [2.05, 4.69) is 5.32 Å². The third-order valence-corrected chi connectivity index (χ3v) is 6.09. The van der Waals surface area contributed by atoms with Gasteiger partial charge in [0.15, 0.2) is 0 Å². The molecule has 1 saturated heterocycles. The zero-order valence-corrected chi connectivity index (χ0v) is 14.7. The van der Waals surface area contributed by atoms with Crippen LogP contribution in [0.3, 0.4) is 0 Å². The SMILES string of the molecule is Cc1cccc(NC(=O)c2cc(S(=O)(=O)N3CCCC3)ccc2O)c1. The monoisotopic (exact) mass is 360 g/mol. The molecule has 2 aromatic carbocycles. The highest BCUT2D eigenvalue weighted by molar-refractivity contribution is 7.89. The first-order valence-corrected chi connectivity index (χ1v) is 9.53. The van der Waals surface area contributed by atoms with E-state index in [1.165, 1.54) is 22.5 Å². The fraction of sp³-hybridized carbons (Fsp3) is 0.278. The van der Waals surface area contributed by atoms with Gasteiger partial charge in [0.25, 0.3) is 5.91 Å². The molecule has 0 aliphatic carbocycles. The van der Waals surface area contributed by atoms with Crippen LogP contribution in [0.2, 0.25) is 0 Å². The van der Waals surface area contributed by atoms with Gasteiger partial charge in [-0.15, -0.1) is 0 Å². The van der Waals surface area contributed by atoms with Crippen LogP contribution < -0.4 is 5.32 Å². The van der Waals surface area contributed by atoms with E-state index >= 15 is 0 Å². The fourth-order valence-corrected chi connectivity index (χ4v) is 4.40. The number of phenolic OH excluding ortho intramolecular Hbond substituents is 1. The van der Waals surface area contributed by atoms with E-state index in [4.69, 9.17) is 0 Å². The number of amides is 1.